The number of carboxylic acids is 1. The number of hydrogen-bond donors (Lipinski definition) is 1. The summed E-state index contributed by atoms with van der Waals surface area (Å²) in [5, 5.41) is 9.08. The number of anilines is 1. The summed E-state index contributed by atoms with van der Waals surface area (Å²) < 4.78 is 0. The van der Waals surface area contributed by atoms with Crippen LogP contribution in [-0.4, -0.2) is 24.7 Å². The van der Waals surface area contributed by atoms with Crippen molar-refractivity contribution in [1.82, 2.24) is 0 Å². The molecule has 3 heteroatoms. The van der Waals surface area contributed by atoms with Gasteiger partial charge in [0.15, 0.2) is 0 Å². The van der Waals surface area contributed by atoms with E-state index in [2.05, 4.69) is 11.9 Å². The Hall–Kier alpha value is -1.51. The molecule has 0 spiro atoms. The third-order valence-electron chi connectivity index (χ3n) is 5.27. The van der Waals surface area contributed by atoms with Crippen LogP contribution in [-0.2, 0) is 0 Å². The van der Waals surface area contributed by atoms with Crippen LogP contribution in [0.15, 0.2) is 18.2 Å². The summed E-state index contributed by atoms with van der Waals surface area (Å²) in [7, 11) is 2.13. The smallest absolute Gasteiger partial charge is 0.335 e. The molecule has 1 aromatic carbocycles. The van der Waals surface area contributed by atoms with E-state index in [1.165, 1.54) is 25.7 Å². The molecule has 2 saturated carbocycles. The van der Waals surface area contributed by atoms with E-state index in [-0.39, 0.29) is 0 Å². The summed E-state index contributed by atoms with van der Waals surface area (Å²) in [6.07, 6.45) is 5.69. The second kappa shape index (κ2) is 5.12. The first kappa shape index (κ1) is 13.5. The first-order valence-electron chi connectivity index (χ1n) is 7.59. The van der Waals surface area contributed by atoms with Crippen LogP contribution in [0.1, 0.15) is 41.6 Å². The van der Waals surface area contributed by atoms with Gasteiger partial charge in [0.2, 0.25) is 0 Å². The molecule has 2 bridgehead atoms. The molecule has 1 N–H and O–H groups in total. The number of fused-ring (bicyclic) bond motifs is 2. The highest BCUT2D eigenvalue weighted by Crippen LogP contribution is 2.48. The zero-order valence-electron chi connectivity index (χ0n) is 12.3. The normalized spacial score (nSPS) is 27.8. The van der Waals surface area contributed by atoms with Crippen LogP contribution in [0, 0.1) is 24.7 Å². The minimum absolute atomic E-state index is 0.405. The van der Waals surface area contributed by atoms with Gasteiger partial charge in [-0.3, -0.25) is 0 Å². The fourth-order valence-corrected chi connectivity index (χ4v) is 4.18. The van der Waals surface area contributed by atoms with Gasteiger partial charge in [0.05, 0.1) is 5.56 Å². The van der Waals surface area contributed by atoms with Gasteiger partial charge in [0.25, 0.3) is 0 Å². The van der Waals surface area contributed by atoms with Crippen LogP contribution in [0.25, 0.3) is 0 Å². The number of aryl methyl sites for hydroxylation is 1. The molecule has 1 aromatic rings. The molecule has 108 valence electrons. The van der Waals surface area contributed by atoms with Crippen LogP contribution in [0.2, 0.25) is 0 Å². The quantitative estimate of drug-likeness (QED) is 0.911. The van der Waals surface area contributed by atoms with E-state index < -0.39 is 5.97 Å². The lowest BCUT2D eigenvalue weighted by atomic mass is 9.88. The van der Waals surface area contributed by atoms with Gasteiger partial charge in [-0.25, -0.2) is 4.79 Å². The van der Waals surface area contributed by atoms with Gasteiger partial charge >= 0.3 is 5.97 Å². The maximum Gasteiger partial charge on any atom is 0.335 e. The van der Waals surface area contributed by atoms with Crippen LogP contribution in [0.5, 0.6) is 0 Å². The molecule has 2 fully saturated rings. The predicted molar refractivity (Wildman–Crippen MR) is 80.3 cm³/mol. The molecule has 2 aliphatic rings. The number of benzene rings is 1. The van der Waals surface area contributed by atoms with Crippen molar-refractivity contribution in [3.05, 3.63) is 29.3 Å². The van der Waals surface area contributed by atoms with Crippen molar-refractivity contribution in [2.75, 3.05) is 18.5 Å². The molecular formula is C17H23NO2. The average molecular weight is 273 g/mol. The predicted octanol–water partition coefficient (Wildman–Crippen LogP) is 3.57. The fourth-order valence-electron chi connectivity index (χ4n) is 4.18. The molecular weight excluding hydrogens is 250 g/mol. The summed E-state index contributed by atoms with van der Waals surface area (Å²) in [5.74, 6) is 1.90. The Labute approximate surface area is 120 Å². The van der Waals surface area contributed by atoms with Crippen molar-refractivity contribution >= 4 is 11.7 Å². The van der Waals surface area contributed by atoms with Gasteiger partial charge in [-0.2, -0.15) is 0 Å². The molecule has 0 radical (unpaired) electrons. The average Bonchev–Trinajstić information content (AvgIpc) is 3.00. The van der Waals surface area contributed by atoms with E-state index in [4.69, 9.17) is 5.11 Å². The first-order chi connectivity index (χ1) is 9.54. The standard InChI is InChI=1S/C17H23NO2/c1-11-7-15(5-6-16(11)17(19)20)18(2)10-14-9-12-3-4-13(14)8-12/h5-7,12-14H,3-4,8-10H2,1-2H3,(H,19,20). The van der Waals surface area contributed by atoms with Crippen LogP contribution in [0.3, 0.4) is 0 Å². The summed E-state index contributed by atoms with van der Waals surface area (Å²) >= 11 is 0. The molecule has 3 rings (SSSR count). The van der Waals surface area contributed by atoms with Crippen molar-refractivity contribution in [3.63, 3.8) is 0 Å². The van der Waals surface area contributed by atoms with Crippen LogP contribution < -0.4 is 4.90 Å². The third-order valence-corrected chi connectivity index (χ3v) is 5.27. The van der Waals surface area contributed by atoms with Gasteiger partial charge in [-0.15, -0.1) is 0 Å². The zero-order valence-corrected chi connectivity index (χ0v) is 12.3. The number of hydrogen-bond acceptors (Lipinski definition) is 2. The lowest BCUT2D eigenvalue weighted by Crippen LogP contribution is -2.28. The summed E-state index contributed by atoms with van der Waals surface area (Å²) in [5.41, 5.74) is 2.38. The van der Waals surface area contributed by atoms with Crippen molar-refractivity contribution in [2.45, 2.75) is 32.6 Å². The minimum Gasteiger partial charge on any atom is -0.478 e. The van der Waals surface area contributed by atoms with E-state index in [0.29, 0.717) is 5.56 Å². The lowest BCUT2D eigenvalue weighted by molar-refractivity contribution is 0.0696. The van der Waals surface area contributed by atoms with E-state index in [0.717, 1.165) is 35.5 Å². The molecule has 0 heterocycles. The largest absolute Gasteiger partial charge is 0.478 e. The summed E-state index contributed by atoms with van der Waals surface area (Å²) in [4.78, 5) is 13.4. The molecule has 2 aliphatic carbocycles. The third kappa shape index (κ3) is 2.41. The Morgan fingerprint density at radius 3 is 2.70 bits per heavy atom. The van der Waals surface area contributed by atoms with E-state index in [9.17, 15) is 4.79 Å². The molecule has 20 heavy (non-hydrogen) atoms. The maximum atomic E-state index is 11.1. The second-order valence-electron chi connectivity index (χ2n) is 6.62. The topological polar surface area (TPSA) is 40.5 Å². The van der Waals surface area contributed by atoms with Gasteiger partial charge in [0, 0.05) is 19.3 Å². The monoisotopic (exact) mass is 273 g/mol. The van der Waals surface area contributed by atoms with Crippen LogP contribution >= 0.6 is 0 Å². The molecule has 0 amide bonds. The van der Waals surface area contributed by atoms with E-state index >= 15 is 0 Å². The van der Waals surface area contributed by atoms with E-state index in [1.807, 2.05) is 19.1 Å². The number of nitrogens with zero attached hydrogens (tertiary/aromatic N) is 1. The Bertz CT molecular complexity index is 526. The van der Waals surface area contributed by atoms with Crippen LogP contribution in [0.4, 0.5) is 5.69 Å². The number of rotatable bonds is 4. The molecule has 3 nitrogen and oxygen atoms in total. The highest BCUT2D eigenvalue weighted by molar-refractivity contribution is 5.89. The van der Waals surface area contributed by atoms with Gasteiger partial charge in [-0.1, -0.05) is 6.42 Å². The van der Waals surface area contributed by atoms with Crippen molar-refractivity contribution < 1.29 is 9.90 Å². The molecule has 0 aliphatic heterocycles. The van der Waals surface area contributed by atoms with Gasteiger partial charge < -0.3 is 10.0 Å². The molecule has 3 atom stereocenters. The molecule has 3 unspecified atom stereocenters. The summed E-state index contributed by atoms with van der Waals surface area (Å²) in [6, 6.07) is 5.66. The van der Waals surface area contributed by atoms with Gasteiger partial charge in [0.1, 0.15) is 0 Å². The number of aromatic carboxylic acids is 1. The summed E-state index contributed by atoms with van der Waals surface area (Å²) in [6.45, 7) is 2.98. The molecule has 0 aromatic heterocycles. The molecule has 0 saturated heterocycles. The minimum atomic E-state index is -0.843. The van der Waals surface area contributed by atoms with Crippen molar-refractivity contribution in [1.29, 1.82) is 0 Å². The Morgan fingerprint density at radius 2 is 2.15 bits per heavy atom. The Kier molecular flexibility index (Phi) is 3.45. The number of carboxylic acid groups (broad SMARTS) is 1. The second-order valence-corrected chi connectivity index (χ2v) is 6.62. The number of carbonyl (C=O) groups is 1. The highest BCUT2D eigenvalue weighted by atomic mass is 16.4. The fraction of sp³-hybridized carbons (Fsp3) is 0.588. The maximum absolute atomic E-state index is 11.1. The SMILES string of the molecule is Cc1cc(N(C)CC2CC3CCC2C3)ccc1C(=O)O. The zero-order chi connectivity index (χ0) is 14.3. The first-order valence-corrected chi connectivity index (χ1v) is 7.59. The lowest BCUT2D eigenvalue weighted by Gasteiger charge is -2.29. The van der Waals surface area contributed by atoms with Crippen molar-refractivity contribution in [2.24, 2.45) is 17.8 Å². The Balaban J connectivity index is 1.69. The van der Waals surface area contributed by atoms with Gasteiger partial charge in [-0.05, 0) is 67.7 Å². The highest BCUT2D eigenvalue weighted by Gasteiger charge is 2.39. The van der Waals surface area contributed by atoms with E-state index in [1.54, 1.807) is 6.07 Å². The van der Waals surface area contributed by atoms with Crippen molar-refractivity contribution in [3.8, 4) is 0 Å². The Morgan fingerprint density at radius 1 is 1.35 bits per heavy atom.